The van der Waals surface area contributed by atoms with Crippen LogP contribution in [0.15, 0.2) is 109 Å². The van der Waals surface area contributed by atoms with Crippen molar-refractivity contribution >= 4 is 23.1 Å². The van der Waals surface area contributed by atoms with Gasteiger partial charge in [0.1, 0.15) is 11.5 Å². The van der Waals surface area contributed by atoms with E-state index in [0.29, 0.717) is 0 Å². The summed E-state index contributed by atoms with van der Waals surface area (Å²) in [6, 6.07) is 39.8. The van der Waals surface area contributed by atoms with E-state index in [1.165, 1.54) is 16.7 Å². The minimum Gasteiger partial charge on any atom is -0.503 e. The fourth-order valence-electron chi connectivity index (χ4n) is 6.50. The molecule has 6 aromatic rings. The third-order valence-corrected chi connectivity index (χ3v) is 8.95. The monoisotopic (exact) mass is 833 g/mol. The largest absolute Gasteiger partial charge is 0.503 e. The van der Waals surface area contributed by atoms with Crippen molar-refractivity contribution < 1.29 is 29.6 Å². The fraction of sp³-hybridized carbons (Fsp3) is 0.227. The van der Waals surface area contributed by atoms with E-state index in [4.69, 9.17) is 14.5 Å². The molecule has 0 amide bonds. The summed E-state index contributed by atoms with van der Waals surface area (Å²) in [7, 11) is 0. The van der Waals surface area contributed by atoms with Crippen molar-refractivity contribution in [1.29, 1.82) is 0 Å². The van der Waals surface area contributed by atoms with Crippen LogP contribution in [-0.2, 0) is 31.9 Å². The van der Waals surface area contributed by atoms with E-state index in [2.05, 4.69) is 126 Å². The van der Waals surface area contributed by atoms with Crippen LogP contribution in [0.4, 0.5) is 0 Å². The van der Waals surface area contributed by atoms with Crippen LogP contribution in [-0.4, -0.2) is 16.7 Å². The van der Waals surface area contributed by atoms with Gasteiger partial charge in [0.25, 0.3) is 0 Å². The van der Waals surface area contributed by atoms with Gasteiger partial charge in [0.15, 0.2) is 0 Å². The Kier molecular flexibility index (Phi) is 9.90. The van der Waals surface area contributed by atoms with Gasteiger partial charge in [-0.1, -0.05) is 120 Å². The van der Waals surface area contributed by atoms with E-state index in [1.54, 1.807) is 0 Å². The second-order valence-corrected chi connectivity index (χ2v) is 15.2. The van der Waals surface area contributed by atoms with Crippen molar-refractivity contribution in [1.82, 2.24) is 9.97 Å². The van der Waals surface area contributed by atoms with Crippen LogP contribution in [0.5, 0.6) is 23.0 Å². The van der Waals surface area contributed by atoms with Crippen LogP contribution in [0.25, 0.3) is 22.5 Å². The normalized spacial score (nSPS) is 12.5. The van der Waals surface area contributed by atoms with Gasteiger partial charge in [-0.15, -0.1) is 47.5 Å². The van der Waals surface area contributed by atoms with Crippen molar-refractivity contribution in [3.8, 4) is 45.5 Å². The third-order valence-electron chi connectivity index (χ3n) is 8.95. The van der Waals surface area contributed by atoms with E-state index < -0.39 is 0 Å². The Hall–Kier alpha value is -4.51. The average Bonchev–Trinajstić information content (AvgIpc) is 3.08. The number of aromatic nitrogens is 2. The number of ether oxygens (including phenoxy) is 2. The Morgan fingerprint density at radius 2 is 1.40 bits per heavy atom. The van der Waals surface area contributed by atoms with E-state index in [-0.39, 0.29) is 37.6 Å². The standard InChI is InChI=1S/C28H23BNO2.C16H18N.Ir/c1-28(2,3)17-18-14-15-30-22(16-18)19-12-13-25-26-27(19)32-24-11-7-5-9-21(24)29(26)20-8-4-6-10-23(20)31-25;1-12-5-7-13(8-6-12)15-10-9-14(11-17-15)16(2,3)4;/h4-11,13-16H,17H2,1-3H3;5-7,9-11H,1-4H3;/q2*-1;. The Balaban J connectivity index is 0.000000204. The Labute approximate surface area is 310 Å². The zero-order valence-corrected chi connectivity index (χ0v) is 32.1. The summed E-state index contributed by atoms with van der Waals surface area (Å²) < 4.78 is 12.8. The molecule has 0 spiro atoms. The molecular weight excluding hydrogens is 792 g/mol. The Morgan fingerprint density at radius 1 is 0.700 bits per heavy atom. The summed E-state index contributed by atoms with van der Waals surface area (Å²) in [6.07, 6.45) is 4.82. The van der Waals surface area contributed by atoms with Crippen LogP contribution < -0.4 is 25.9 Å². The van der Waals surface area contributed by atoms with Gasteiger partial charge in [-0.25, -0.2) is 0 Å². The molecule has 8 rings (SSSR count). The number of rotatable bonds is 3. The average molecular weight is 833 g/mol. The van der Waals surface area contributed by atoms with E-state index in [9.17, 15) is 0 Å². The van der Waals surface area contributed by atoms with Crippen LogP contribution in [0.1, 0.15) is 58.2 Å². The number of hydrogen-bond donors (Lipinski definition) is 0. The smallest absolute Gasteiger partial charge is 0.239 e. The fourth-order valence-corrected chi connectivity index (χ4v) is 6.50. The van der Waals surface area contributed by atoms with Crippen LogP contribution in [0, 0.1) is 24.5 Å². The number of pyridine rings is 2. The second-order valence-electron chi connectivity index (χ2n) is 15.2. The molecule has 0 bridgehead atoms. The summed E-state index contributed by atoms with van der Waals surface area (Å²) in [5.41, 5.74) is 11.3. The first kappa shape index (κ1) is 35.3. The number of para-hydroxylation sites is 2. The van der Waals surface area contributed by atoms with Crippen molar-refractivity contribution in [2.45, 2.75) is 60.3 Å². The molecule has 0 unspecified atom stereocenters. The third kappa shape index (κ3) is 7.33. The van der Waals surface area contributed by atoms with Crippen molar-refractivity contribution in [3.05, 3.63) is 138 Å². The molecule has 6 heteroatoms. The molecule has 0 saturated heterocycles. The molecule has 253 valence electrons. The first-order chi connectivity index (χ1) is 23.4. The summed E-state index contributed by atoms with van der Waals surface area (Å²) in [4.78, 5) is 9.21. The summed E-state index contributed by atoms with van der Waals surface area (Å²) in [6.45, 7) is 15.5. The van der Waals surface area contributed by atoms with Crippen LogP contribution >= 0.6 is 0 Å². The van der Waals surface area contributed by atoms with Gasteiger partial charge in [-0.2, -0.15) is 0 Å². The van der Waals surface area contributed by atoms with Gasteiger partial charge in [0, 0.05) is 44.0 Å². The van der Waals surface area contributed by atoms with Gasteiger partial charge in [-0.05, 0) is 63.3 Å². The number of nitrogens with zero attached hydrogens (tertiary/aromatic N) is 2. The molecule has 4 nitrogen and oxygen atoms in total. The first-order valence-corrected chi connectivity index (χ1v) is 17.0. The predicted molar refractivity (Wildman–Crippen MR) is 201 cm³/mol. The maximum Gasteiger partial charge on any atom is 0.239 e. The van der Waals surface area contributed by atoms with Crippen molar-refractivity contribution in [3.63, 3.8) is 0 Å². The molecule has 4 aromatic carbocycles. The van der Waals surface area contributed by atoms with E-state index >= 15 is 0 Å². The molecular formula is C44H41BIrN2O2-2. The number of fused-ring (bicyclic) bond motifs is 4. The number of aryl methyl sites for hydroxylation is 1. The number of benzene rings is 4. The van der Waals surface area contributed by atoms with Gasteiger partial charge < -0.3 is 19.4 Å². The van der Waals surface area contributed by atoms with E-state index in [0.717, 1.165) is 68.3 Å². The molecule has 1 radical (unpaired) electrons. The molecule has 2 aliphatic heterocycles. The molecule has 2 aliphatic rings. The molecule has 2 aromatic heterocycles. The topological polar surface area (TPSA) is 44.2 Å². The zero-order chi connectivity index (χ0) is 34.3. The molecule has 0 saturated carbocycles. The molecule has 0 aliphatic carbocycles. The van der Waals surface area contributed by atoms with Crippen LogP contribution in [0.3, 0.4) is 0 Å². The summed E-state index contributed by atoms with van der Waals surface area (Å²) in [5, 5.41) is 0. The van der Waals surface area contributed by atoms with Crippen molar-refractivity contribution in [2.24, 2.45) is 5.41 Å². The van der Waals surface area contributed by atoms with E-state index in [1.807, 2.05) is 48.8 Å². The van der Waals surface area contributed by atoms with Crippen molar-refractivity contribution in [2.75, 3.05) is 0 Å². The maximum absolute atomic E-state index is 6.51. The summed E-state index contributed by atoms with van der Waals surface area (Å²) in [5.74, 6) is 3.35. The SMILES string of the molecule is CC(C)(C)Cc1ccnc(-c2[c-]cc3c4c2Oc2ccccc2B4c2ccccc2O3)c1.Cc1c[c-]c(-c2ccc(C(C)(C)C)cn2)cc1.[Ir]. The van der Waals surface area contributed by atoms with Gasteiger partial charge in [0.05, 0.1) is 0 Å². The van der Waals surface area contributed by atoms with Crippen LogP contribution in [0.2, 0.25) is 0 Å². The molecule has 0 atom stereocenters. The second kappa shape index (κ2) is 14.0. The Bertz CT molecular complexity index is 2120. The number of hydrogen-bond acceptors (Lipinski definition) is 4. The molecule has 4 heterocycles. The predicted octanol–water partition coefficient (Wildman–Crippen LogP) is 9.02. The zero-order valence-electron chi connectivity index (χ0n) is 29.7. The van der Waals surface area contributed by atoms with Gasteiger partial charge in [-0.3, -0.25) is 0 Å². The first-order valence-electron chi connectivity index (χ1n) is 17.0. The molecule has 50 heavy (non-hydrogen) atoms. The minimum atomic E-state index is 0. The quantitative estimate of drug-likeness (QED) is 0.132. The Morgan fingerprint density at radius 3 is 2.02 bits per heavy atom. The molecule has 0 N–H and O–H groups in total. The van der Waals surface area contributed by atoms with Gasteiger partial charge >= 0.3 is 0 Å². The summed E-state index contributed by atoms with van der Waals surface area (Å²) >= 11 is 0. The molecule has 0 fully saturated rings. The van der Waals surface area contributed by atoms with Gasteiger partial charge in [0.2, 0.25) is 6.71 Å². The minimum absolute atomic E-state index is 0. The maximum atomic E-state index is 6.51.